The summed E-state index contributed by atoms with van der Waals surface area (Å²) in [5, 5.41) is 4.37. The van der Waals surface area contributed by atoms with Crippen LogP contribution in [-0.2, 0) is 0 Å². The third-order valence-electron chi connectivity index (χ3n) is 10.6. The predicted octanol–water partition coefficient (Wildman–Crippen LogP) is 13.7. The molecule has 5 heteroatoms. The minimum absolute atomic E-state index is 0.675. The van der Waals surface area contributed by atoms with Crippen molar-refractivity contribution in [3.8, 4) is 67.3 Å². The molecule has 56 heavy (non-hydrogen) atoms. The zero-order chi connectivity index (χ0) is 37.0. The second kappa shape index (κ2) is 13.0. The van der Waals surface area contributed by atoms with Gasteiger partial charge in [0, 0.05) is 61.8 Å². The minimum Gasteiger partial charge on any atom is -0.456 e. The maximum Gasteiger partial charge on any atom is 0.160 e. The Hall–Kier alpha value is -7.63. The molecule has 5 nitrogen and oxygen atoms in total. The molecule has 0 aliphatic heterocycles. The quantitative estimate of drug-likeness (QED) is 0.171. The van der Waals surface area contributed by atoms with E-state index < -0.39 is 0 Å². The smallest absolute Gasteiger partial charge is 0.160 e. The highest BCUT2D eigenvalue weighted by molar-refractivity contribution is 6.21. The van der Waals surface area contributed by atoms with Gasteiger partial charge in [-0.25, -0.2) is 9.97 Å². The first-order valence-corrected chi connectivity index (χ1v) is 18.7. The van der Waals surface area contributed by atoms with Gasteiger partial charge in [0.15, 0.2) is 5.82 Å². The Kier molecular flexibility index (Phi) is 7.42. The molecule has 0 aliphatic carbocycles. The predicted molar refractivity (Wildman–Crippen MR) is 227 cm³/mol. The van der Waals surface area contributed by atoms with Crippen molar-refractivity contribution in [2.24, 2.45) is 0 Å². The van der Waals surface area contributed by atoms with E-state index in [0.717, 1.165) is 105 Å². The van der Waals surface area contributed by atoms with Crippen LogP contribution in [0, 0.1) is 0 Å². The lowest BCUT2D eigenvalue weighted by atomic mass is 9.92. The van der Waals surface area contributed by atoms with Crippen LogP contribution < -0.4 is 0 Å². The molecule has 0 unspecified atom stereocenters. The zero-order valence-corrected chi connectivity index (χ0v) is 30.1. The lowest BCUT2D eigenvalue weighted by molar-refractivity contribution is 0.668. The molecule has 4 aromatic heterocycles. The summed E-state index contributed by atoms with van der Waals surface area (Å²) >= 11 is 0. The number of nitrogens with zero attached hydrogens (tertiary/aromatic N) is 3. The Labute approximate surface area is 322 Å². The van der Waals surface area contributed by atoms with Gasteiger partial charge in [0.1, 0.15) is 22.3 Å². The summed E-state index contributed by atoms with van der Waals surface area (Å²) in [4.78, 5) is 14.5. The number of fused-ring (bicyclic) bond motifs is 6. The molecule has 0 N–H and O–H groups in total. The molecule has 0 bridgehead atoms. The third kappa shape index (κ3) is 5.37. The van der Waals surface area contributed by atoms with Crippen molar-refractivity contribution in [2.45, 2.75) is 0 Å². The van der Waals surface area contributed by atoms with Crippen LogP contribution >= 0.6 is 0 Å². The van der Waals surface area contributed by atoms with Gasteiger partial charge in [-0.3, -0.25) is 4.98 Å². The lowest BCUT2D eigenvalue weighted by Crippen LogP contribution is -1.96. The summed E-state index contributed by atoms with van der Waals surface area (Å²) in [5.41, 5.74) is 14.6. The van der Waals surface area contributed by atoms with Crippen LogP contribution in [0.3, 0.4) is 0 Å². The molecular weight excluding hydrogens is 687 g/mol. The first kappa shape index (κ1) is 31.9. The molecule has 0 saturated heterocycles. The molecule has 0 aliphatic rings. The summed E-state index contributed by atoms with van der Waals surface area (Å²) in [5.74, 6) is 0.675. The fraction of sp³-hybridized carbons (Fsp3) is 0. The van der Waals surface area contributed by atoms with Crippen molar-refractivity contribution in [1.82, 2.24) is 15.0 Å². The molecule has 0 atom stereocenters. The van der Waals surface area contributed by atoms with E-state index in [1.54, 1.807) is 6.20 Å². The van der Waals surface area contributed by atoms with Gasteiger partial charge >= 0.3 is 0 Å². The fourth-order valence-electron chi connectivity index (χ4n) is 7.95. The van der Waals surface area contributed by atoms with Gasteiger partial charge in [-0.15, -0.1) is 0 Å². The Morgan fingerprint density at radius 2 is 0.964 bits per heavy atom. The van der Waals surface area contributed by atoms with Crippen molar-refractivity contribution >= 4 is 43.9 Å². The largest absolute Gasteiger partial charge is 0.456 e. The fourth-order valence-corrected chi connectivity index (χ4v) is 7.95. The number of para-hydroxylation sites is 2. The van der Waals surface area contributed by atoms with Crippen molar-refractivity contribution < 1.29 is 8.83 Å². The van der Waals surface area contributed by atoms with Crippen LogP contribution in [0.15, 0.2) is 197 Å². The Morgan fingerprint density at radius 3 is 1.77 bits per heavy atom. The average molecular weight is 718 g/mol. The van der Waals surface area contributed by atoms with Crippen LogP contribution in [0.4, 0.5) is 0 Å². The number of pyridine rings is 1. The van der Waals surface area contributed by atoms with Gasteiger partial charge in [-0.05, 0) is 64.7 Å². The number of hydrogen-bond donors (Lipinski definition) is 0. The first-order valence-electron chi connectivity index (χ1n) is 18.7. The van der Waals surface area contributed by atoms with E-state index in [1.165, 1.54) is 0 Å². The number of hydrogen-bond acceptors (Lipinski definition) is 5. The topological polar surface area (TPSA) is 65.0 Å². The zero-order valence-electron chi connectivity index (χ0n) is 30.1. The highest BCUT2D eigenvalue weighted by Gasteiger charge is 2.20. The Morgan fingerprint density at radius 1 is 0.357 bits per heavy atom. The molecule has 262 valence electrons. The van der Waals surface area contributed by atoms with E-state index in [1.807, 2.05) is 60.8 Å². The maximum absolute atomic E-state index is 6.72. The summed E-state index contributed by atoms with van der Waals surface area (Å²) in [6.07, 6.45) is 3.68. The van der Waals surface area contributed by atoms with E-state index in [9.17, 15) is 0 Å². The molecule has 11 rings (SSSR count). The molecule has 0 radical (unpaired) electrons. The molecule has 4 heterocycles. The number of rotatable bonds is 6. The van der Waals surface area contributed by atoms with Crippen molar-refractivity contribution in [3.63, 3.8) is 0 Å². The Bertz CT molecular complexity index is 3240. The summed E-state index contributed by atoms with van der Waals surface area (Å²) in [6, 6.07) is 60.5. The highest BCUT2D eigenvalue weighted by atomic mass is 16.3. The van der Waals surface area contributed by atoms with Crippen LogP contribution in [0.25, 0.3) is 111 Å². The van der Waals surface area contributed by atoms with E-state index in [0.29, 0.717) is 5.82 Å². The molecule has 7 aromatic carbocycles. The molecule has 0 fully saturated rings. The second-order valence-corrected chi connectivity index (χ2v) is 14.0. The SMILES string of the molecule is c1ccc(-c2nc(-c3ccc(-c4ccc(-c5cccc6oc7ccccc7c56)c5c4oc4ccccc45)cc3)cc(-c3cccc(-c4cccnc4)c3)n2)cc1. The first-order chi connectivity index (χ1) is 27.7. The minimum atomic E-state index is 0.675. The molecule has 0 saturated carbocycles. The summed E-state index contributed by atoms with van der Waals surface area (Å²) < 4.78 is 13.0. The van der Waals surface area contributed by atoms with Gasteiger partial charge in [0.2, 0.25) is 0 Å². The van der Waals surface area contributed by atoms with Gasteiger partial charge in [-0.1, -0.05) is 133 Å². The normalized spacial score (nSPS) is 11.6. The van der Waals surface area contributed by atoms with E-state index in [-0.39, 0.29) is 0 Å². The van der Waals surface area contributed by atoms with Gasteiger partial charge in [0.25, 0.3) is 0 Å². The van der Waals surface area contributed by atoms with E-state index in [2.05, 4.69) is 126 Å². The summed E-state index contributed by atoms with van der Waals surface area (Å²) in [6.45, 7) is 0. The van der Waals surface area contributed by atoms with E-state index >= 15 is 0 Å². The monoisotopic (exact) mass is 717 g/mol. The number of furan rings is 2. The summed E-state index contributed by atoms with van der Waals surface area (Å²) in [7, 11) is 0. The standard InChI is InChI=1S/C51H31N3O2/c1-2-11-34(12-3-1)51-53-43(30-44(54-51)36-14-8-13-35(29-36)37-15-10-28-52-31-37)33-24-22-32(23-25-33)38-26-27-40(49-42-17-5-7-20-46(42)56-50(38)49)39-18-9-21-47-48(39)41-16-4-6-19-45(41)55-47/h1-31H. The van der Waals surface area contributed by atoms with Crippen molar-refractivity contribution in [1.29, 1.82) is 0 Å². The van der Waals surface area contributed by atoms with Crippen LogP contribution in [0.2, 0.25) is 0 Å². The number of aromatic nitrogens is 3. The lowest BCUT2D eigenvalue weighted by Gasteiger charge is -2.12. The average Bonchev–Trinajstić information content (AvgIpc) is 3.86. The maximum atomic E-state index is 6.72. The van der Waals surface area contributed by atoms with Gasteiger partial charge < -0.3 is 8.83 Å². The van der Waals surface area contributed by atoms with Crippen molar-refractivity contribution in [2.75, 3.05) is 0 Å². The van der Waals surface area contributed by atoms with E-state index in [4.69, 9.17) is 18.8 Å². The molecule has 0 amide bonds. The van der Waals surface area contributed by atoms with Crippen LogP contribution in [0.1, 0.15) is 0 Å². The second-order valence-electron chi connectivity index (χ2n) is 14.0. The molecular formula is C51H31N3O2. The van der Waals surface area contributed by atoms with Crippen LogP contribution in [-0.4, -0.2) is 15.0 Å². The highest BCUT2D eigenvalue weighted by Crippen LogP contribution is 2.45. The van der Waals surface area contributed by atoms with Crippen molar-refractivity contribution in [3.05, 3.63) is 188 Å². The Balaban J connectivity index is 1.04. The van der Waals surface area contributed by atoms with Gasteiger partial charge in [-0.2, -0.15) is 0 Å². The number of benzene rings is 7. The molecule has 11 aromatic rings. The third-order valence-corrected chi connectivity index (χ3v) is 10.6. The molecule has 0 spiro atoms. The van der Waals surface area contributed by atoms with Crippen LogP contribution in [0.5, 0.6) is 0 Å². The van der Waals surface area contributed by atoms with Gasteiger partial charge in [0.05, 0.1) is 11.4 Å².